The number of nitrogens with zero attached hydrogens (tertiary/aromatic N) is 5. The molecule has 0 aliphatic heterocycles. The molecule has 0 bridgehead atoms. The number of hydrogen-bond acceptors (Lipinski definition) is 6. The van der Waals surface area contributed by atoms with Crippen molar-refractivity contribution in [2.45, 2.75) is 6.42 Å². The van der Waals surface area contributed by atoms with Gasteiger partial charge in [0.25, 0.3) is 0 Å². The van der Waals surface area contributed by atoms with E-state index in [2.05, 4.69) is 55.2 Å². The van der Waals surface area contributed by atoms with Gasteiger partial charge >= 0.3 is 0 Å². The molecule has 8 heteroatoms. The monoisotopic (exact) mass is 520 g/mol. The van der Waals surface area contributed by atoms with Crippen LogP contribution in [-0.2, 0) is 6.42 Å². The summed E-state index contributed by atoms with van der Waals surface area (Å²) in [6.07, 6.45) is 7.89. The molecule has 0 amide bonds. The Kier molecular flexibility index (Phi) is 5.82. The van der Waals surface area contributed by atoms with E-state index >= 15 is 0 Å². The van der Waals surface area contributed by atoms with Crippen LogP contribution in [0.1, 0.15) is 5.56 Å². The SMILES string of the molecule is C=C(Cc1ccccc1)Nc1cncc(-c2ccc3[nH]nc(-c4nc5c(-c6ccncc6)cccc5[nH]4)c3n2)c1. The molecule has 7 rings (SSSR count). The molecule has 0 aliphatic rings. The van der Waals surface area contributed by atoms with Crippen molar-refractivity contribution >= 4 is 27.8 Å². The highest BCUT2D eigenvalue weighted by atomic mass is 15.1. The smallest absolute Gasteiger partial charge is 0.161 e. The summed E-state index contributed by atoms with van der Waals surface area (Å²) in [6.45, 7) is 4.19. The van der Waals surface area contributed by atoms with Crippen molar-refractivity contribution in [3.63, 3.8) is 0 Å². The highest BCUT2D eigenvalue weighted by Crippen LogP contribution is 2.32. The van der Waals surface area contributed by atoms with Gasteiger partial charge in [-0.1, -0.05) is 49.0 Å². The second-order valence-electron chi connectivity index (χ2n) is 9.54. The first-order valence-corrected chi connectivity index (χ1v) is 12.9. The third kappa shape index (κ3) is 4.48. The molecule has 5 aromatic heterocycles. The third-order valence-electron chi connectivity index (χ3n) is 6.75. The lowest BCUT2D eigenvalue weighted by molar-refractivity contribution is 1.10. The summed E-state index contributed by atoms with van der Waals surface area (Å²) in [5.41, 5.74) is 10.7. The van der Waals surface area contributed by atoms with Crippen LogP contribution in [0.15, 0.2) is 116 Å². The van der Waals surface area contributed by atoms with E-state index in [9.17, 15) is 0 Å². The van der Waals surface area contributed by atoms with E-state index < -0.39 is 0 Å². The number of allylic oxidation sites excluding steroid dienone is 1. The molecule has 0 atom stereocenters. The summed E-state index contributed by atoms with van der Waals surface area (Å²) in [6, 6.07) is 26.3. The zero-order valence-corrected chi connectivity index (χ0v) is 21.5. The highest BCUT2D eigenvalue weighted by molar-refractivity contribution is 5.96. The molecule has 8 nitrogen and oxygen atoms in total. The van der Waals surface area contributed by atoms with Crippen LogP contribution in [-0.4, -0.2) is 35.1 Å². The van der Waals surface area contributed by atoms with E-state index in [1.54, 1.807) is 24.8 Å². The van der Waals surface area contributed by atoms with E-state index in [0.29, 0.717) is 11.5 Å². The van der Waals surface area contributed by atoms with Gasteiger partial charge in [0, 0.05) is 41.8 Å². The third-order valence-corrected chi connectivity index (χ3v) is 6.75. The normalized spacial score (nSPS) is 11.2. The Morgan fingerprint density at radius 3 is 2.52 bits per heavy atom. The number of rotatable bonds is 7. The van der Waals surface area contributed by atoms with E-state index in [1.807, 2.05) is 60.7 Å². The lowest BCUT2D eigenvalue weighted by atomic mass is 10.1. The molecular weight excluding hydrogens is 496 g/mol. The minimum Gasteiger partial charge on any atom is -0.358 e. The fraction of sp³-hybridized carbons (Fsp3) is 0.0312. The lowest BCUT2D eigenvalue weighted by Crippen LogP contribution is -2.02. The maximum atomic E-state index is 4.97. The van der Waals surface area contributed by atoms with Crippen molar-refractivity contribution in [2.24, 2.45) is 0 Å². The van der Waals surface area contributed by atoms with Gasteiger partial charge < -0.3 is 10.3 Å². The van der Waals surface area contributed by atoms with Crippen molar-refractivity contribution in [1.82, 2.24) is 35.1 Å². The maximum Gasteiger partial charge on any atom is 0.161 e. The maximum absolute atomic E-state index is 4.97. The number of aromatic amines is 2. The molecule has 0 saturated heterocycles. The summed E-state index contributed by atoms with van der Waals surface area (Å²) in [4.78, 5) is 21.9. The molecule has 5 heterocycles. The summed E-state index contributed by atoms with van der Waals surface area (Å²) >= 11 is 0. The molecular formula is C32H24N8. The van der Waals surface area contributed by atoms with Gasteiger partial charge in [0.1, 0.15) is 5.52 Å². The molecule has 0 radical (unpaired) electrons. The topological polar surface area (TPSA) is 108 Å². The van der Waals surface area contributed by atoms with Crippen molar-refractivity contribution < 1.29 is 0 Å². The number of pyridine rings is 3. The second kappa shape index (κ2) is 9.92. The number of imidazole rings is 1. The van der Waals surface area contributed by atoms with Crippen LogP contribution in [0.2, 0.25) is 0 Å². The van der Waals surface area contributed by atoms with Crippen LogP contribution >= 0.6 is 0 Å². The van der Waals surface area contributed by atoms with Crippen molar-refractivity contribution in [2.75, 3.05) is 5.32 Å². The number of hydrogen-bond donors (Lipinski definition) is 3. The van der Waals surface area contributed by atoms with Gasteiger partial charge in [0.05, 0.1) is 34.1 Å². The molecule has 0 spiro atoms. The van der Waals surface area contributed by atoms with Crippen LogP contribution in [0.5, 0.6) is 0 Å². The van der Waals surface area contributed by atoms with E-state index in [1.165, 1.54) is 5.56 Å². The molecule has 0 fully saturated rings. The Bertz CT molecular complexity index is 1970. The van der Waals surface area contributed by atoms with Crippen LogP contribution in [0.4, 0.5) is 5.69 Å². The Morgan fingerprint density at radius 1 is 0.775 bits per heavy atom. The zero-order chi connectivity index (χ0) is 26.9. The fourth-order valence-corrected chi connectivity index (χ4v) is 4.87. The van der Waals surface area contributed by atoms with Crippen LogP contribution in [0.3, 0.4) is 0 Å². The van der Waals surface area contributed by atoms with Gasteiger partial charge in [-0.3, -0.25) is 15.1 Å². The number of H-pyrrole nitrogens is 2. The average molecular weight is 521 g/mol. The summed E-state index contributed by atoms with van der Waals surface area (Å²) in [5.74, 6) is 0.651. The molecule has 192 valence electrons. The van der Waals surface area contributed by atoms with Crippen LogP contribution in [0.25, 0.3) is 56.0 Å². The quantitative estimate of drug-likeness (QED) is 0.213. The molecule has 2 aromatic carbocycles. The summed E-state index contributed by atoms with van der Waals surface area (Å²) in [7, 11) is 0. The number of nitrogens with one attached hydrogen (secondary N) is 3. The first kappa shape index (κ1) is 23.5. The molecule has 0 saturated carbocycles. The number of aromatic nitrogens is 7. The Balaban J connectivity index is 1.21. The first-order chi connectivity index (χ1) is 19.7. The predicted molar refractivity (Wildman–Crippen MR) is 158 cm³/mol. The minimum atomic E-state index is 0.651. The number of anilines is 1. The standard InChI is InChI=1S/C32H24N8/c1-20(16-21-6-3-2-4-7-21)35-24-17-23(18-34-19-24)26-10-11-28-30(36-26)31(40-39-28)32-37-27-9-5-8-25(29(27)38-32)22-12-14-33-15-13-22/h2-15,17-19,35H,1,16H2,(H,37,38)(H,39,40). The van der Waals surface area contributed by atoms with Gasteiger partial charge in [0.15, 0.2) is 11.5 Å². The Morgan fingerprint density at radius 2 is 1.65 bits per heavy atom. The van der Waals surface area contributed by atoms with Crippen molar-refractivity contribution in [3.8, 4) is 33.9 Å². The highest BCUT2D eigenvalue weighted by Gasteiger charge is 2.17. The van der Waals surface area contributed by atoms with Crippen molar-refractivity contribution in [3.05, 3.63) is 121 Å². The predicted octanol–water partition coefficient (Wildman–Crippen LogP) is 6.79. The second-order valence-corrected chi connectivity index (χ2v) is 9.54. The molecule has 0 unspecified atom stereocenters. The Hall–Kier alpha value is -5.63. The van der Waals surface area contributed by atoms with E-state index in [-0.39, 0.29) is 0 Å². The average Bonchev–Trinajstić information content (AvgIpc) is 3.62. The summed E-state index contributed by atoms with van der Waals surface area (Å²) < 4.78 is 0. The number of benzene rings is 2. The number of fused-ring (bicyclic) bond motifs is 2. The van der Waals surface area contributed by atoms with Crippen LogP contribution in [0, 0.1) is 0 Å². The minimum absolute atomic E-state index is 0.651. The van der Waals surface area contributed by atoms with Gasteiger partial charge in [-0.25, -0.2) is 9.97 Å². The zero-order valence-electron chi connectivity index (χ0n) is 21.5. The lowest BCUT2D eigenvalue weighted by Gasteiger charge is -2.11. The van der Waals surface area contributed by atoms with Crippen molar-refractivity contribution in [1.29, 1.82) is 0 Å². The van der Waals surface area contributed by atoms with Crippen LogP contribution < -0.4 is 5.32 Å². The molecule has 3 N–H and O–H groups in total. The molecule has 7 aromatic rings. The van der Waals surface area contributed by atoms with Gasteiger partial charge in [-0.2, -0.15) is 5.10 Å². The summed E-state index contributed by atoms with van der Waals surface area (Å²) in [5, 5.41) is 11.0. The van der Waals surface area contributed by atoms with Gasteiger partial charge in [0.2, 0.25) is 0 Å². The molecule has 40 heavy (non-hydrogen) atoms. The first-order valence-electron chi connectivity index (χ1n) is 12.9. The largest absolute Gasteiger partial charge is 0.358 e. The number of para-hydroxylation sites is 1. The van der Waals surface area contributed by atoms with Gasteiger partial charge in [-0.15, -0.1) is 0 Å². The Labute approximate surface area is 229 Å². The fourth-order valence-electron chi connectivity index (χ4n) is 4.87. The van der Waals surface area contributed by atoms with E-state index in [4.69, 9.17) is 9.97 Å². The molecule has 0 aliphatic carbocycles. The van der Waals surface area contributed by atoms with E-state index in [0.717, 1.165) is 62.3 Å². The van der Waals surface area contributed by atoms with Gasteiger partial charge in [-0.05, 0) is 47.5 Å².